The van der Waals surface area contributed by atoms with E-state index >= 15 is 0 Å². The van der Waals surface area contributed by atoms with Crippen LogP contribution in [0, 0.1) is 0 Å². The molecule has 0 amide bonds. The van der Waals surface area contributed by atoms with Crippen molar-refractivity contribution in [2.75, 3.05) is 20.8 Å². The Morgan fingerprint density at radius 1 is 1.19 bits per heavy atom. The van der Waals surface area contributed by atoms with Gasteiger partial charge in [-0.1, -0.05) is 6.07 Å². The zero-order chi connectivity index (χ0) is 22.1. The third-order valence-corrected chi connectivity index (χ3v) is 5.72. The summed E-state index contributed by atoms with van der Waals surface area (Å²) in [6.45, 7) is 0.777. The zero-order valence-corrected chi connectivity index (χ0v) is 17.3. The molecule has 8 heteroatoms. The van der Waals surface area contributed by atoms with Crippen LogP contribution in [0.4, 0.5) is 0 Å². The number of methoxy groups -OCH3 is 2. The van der Waals surface area contributed by atoms with Gasteiger partial charge in [0.2, 0.25) is 5.43 Å². The Morgan fingerprint density at radius 3 is 2.68 bits per heavy atom. The van der Waals surface area contributed by atoms with Crippen LogP contribution in [0.3, 0.4) is 0 Å². The van der Waals surface area contributed by atoms with Gasteiger partial charge in [-0.2, -0.15) is 0 Å². The van der Waals surface area contributed by atoms with Gasteiger partial charge < -0.3 is 24.1 Å². The van der Waals surface area contributed by atoms with E-state index in [1.54, 1.807) is 23.1 Å². The van der Waals surface area contributed by atoms with Crippen molar-refractivity contribution in [3.63, 3.8) is 0 Å². The number of carboxylic acid groups (broad SMARTS) is 1. The van der Waals surface area contributed by atoms with Crippen LogP contribution < -0.4 is 14.9 Å². The monoisotopic (exact) mass is 425 g/mol. The molecule has 0 radical (unpaired) electrons. The highest BCUT2D eigenvalue weighted by Gasteiger charge is 2.31. The molecule has 2 aromatic carbocycles. The second-order valence-corrected chi connectivity index (χ2v) is 7.45. The molecule has 2 N–H and O–H groups in total. The summed E-state index contributed by atoms with van der Waals surface area (Å²) < 4.78 is 16.4. The standard InChI is InChI=1S/C23H23NO7/c1-29-19-8-5-13(10-20(19)30-2)16-12-31-22-14(21(16)26)6-7-18(25)15(22)11-24-9-3-4-17(24)23(27)28/h5-8,10,12,17,25H,3-4,9,11H2,1-2H3,(H,27,28)/t17-/m0/s1. The lowest BCUT2D eigenvalue weighted by Gasteiger charge is -2.22. The zero-order valence-electron chi connectivity index (χ0n) is 17.3. The topological polar surface area (TPSA) is 109 Å². The first-order chi connectivity index (χ1) is 14.9. The molecule has 31 heavy (non-hydrogen) atoms. The number of benzene rings is 2. The highest BCUT2D eigenvalue weighted by molar-refractivity contribution is 5.86. The van der Waals surface area contributed by atoms with Crippen LogP contribution in [-0.2, 0) is 11.3 Å². The predicted octanol–water partition coefficient (Wildman–Crippen LogP) is 3.23. The first-order valence-electron chi connectivity index (χ1n) is 9.90. The lowest BCUT2D eigenvalue weighted by atomic mass is 10.0. The predicted molar refractivity (Wildman–Crippen MR) is 114 cm³/mol. The van der Waals surface area contributed by atoms with Gasteiger partial charge in [0.05, 0.1) is 30.7 Å². The minimum absolute atomic E-state index is 0.0365. The third-order valence-electron chi connectivity index (χ3n) is 5.72. The average Bonchev–Trinajstić information content (AvgIpc) is 3.24. The van der Waals surface area contributed by atoms with Gasteiger partial charge >= 0.3 is 5.97 Å². The van der Waals surface area contributed by atoms with Gasteiger partial charge in [0.25, 0.3) is 0 Å². The molecule has 8 nitrogen and oxygen atoms in total. The fraction of sp³-hybridized carbons (Fsp3) is 0.304. The van der Waals surface area contributed by atoms with Gasteiger partial charge in [-0.3, -0.25) is 14.5 Å². The molecule has 0 aliphatic carbocycles. The van der Waals surface area contributed by atoms with Crippen LogP contribution >= 0.6 is 0 Å². The van der Waals surface area contributed by atoms with Crippen LogP contribution in [0.1, 0.15) is 18.4 Å². The Balaban J connectivity index is 1.79. The maximum absolute atomic E-state index is 13.2. The number of phenols is 1. The molecule has 4 rings (SSSR count). The van der Waals surface area contributed by atoms with E-state index in [9.17, 15) is 19.8 Å². The summed E-state index contributed by atoms with van der Waals surface area (Å²) in [5, 5.41) is 20.2. The molecule has 1 aliphatic rings. The molecule has 0 saturated carbocycles. The summed E-state index contributed by atoms with van der Waals surface area (Å²) in [5.74, 6) is 0.0989. The van der Waals surface area contributed by atoms with Crippen molar-refractivity contribution in [1.29, 1.82) is 0 Å². The highest BCUT2D eigenvalue weighted by Crippen LogP contribution is 2.34. The number of aliphatic carboxylic acids is 1. The third kappa shape index (κ3) is 3.70. The number of phenolic OH excluding ortho intramolecular Hbond substituents is 1. The maximum Gasteiger partial charge on any atom is 0.320 e. The van der Waals surface area contributed by atoms with Crippen molar-refractivity contribution in [1.82, 2.24) is 4.90 Å². The number of likely N-dealkylation sites (tertiary alicyclic amines) is 1. The molecule has 0 spiro atoms. The lowest BCUT2D eigenvalue weighted by molar-refractivity contribution is -0.142. The normalized spacial score (nSPS) is 16.5. The van der Waals surface area contributed by atoms with Crippen LogP contribution in [0.25, 0.3) is 22.1 Å². The van der Waals surface area contributed by atoms with E-state index in [0.717, 1.165) is 6.42 Å². The van der Waals surface area contributed by atoms with E-state index in [2.05, 4.69) is 0 Å². The molecular formula is C23H23NO7. The lowest BCUT2D eigenvalue weighted by Crippen LogP contribution is -2.35. The van der Waals surface area contributed by atoms with Gasteiger partial charge in [-0.25, -0.2) is 0 Å². The second kappa shape index (κ2) is 8.31. The first-order valence-corrected chi connectivity index (χ1v) is 9.90. The van der Waals surface area contributed by atoms with E-state index in [4.69, 9.17) is 13.9 Å². The molecule has 3 aromatic rings. The molecule has 2 heterocycles. The molecule has 1 saturated heterocycles. The summed E-state index contributed by atoms with van der Waals surface area (Å²) in [6.07, 6.45) is 2.66. The molecule has 1 atom stereocenters. The summed E-state index contributed by atoms with van der Waals surface area (Å²) in [4.78, 5) is 26.5. The van der Waals surface area contributed by atoms with E-state index in [1.165, 1.54) is 32.6 Å². The van der Waals surface area contributed by atoms with Gasteiger partial charge in [-0.15, -0.1) is 0 Å². The van der Waals surface area contributed by atoms with Crippen molar-refractivity contribution in [2.24, 2.45) is 0 Å². The molecule has 0 unspecified atom stereocenters. The highest BCUT2D eigenvalue weighted by atomic mass is 16.5. The number of rotatable bonds is 6. The van der Waals surface area contributed by atoms with Gasteiger partial charge in [0, 0.05) is 6.54 Å². The van der Waals surface area contributed by atoms with Gasteiger partial charge in [0.1, 0.15) is 23.6 Å². The van der Waals surface area contributed by atoms with Crippen LogP contribution in [-0.4, -0.2) is 47.9 Å². The molecule has 1 aromatic heterocycles. The fourth-order valence-electron chi connectivity index (χ4n) is 4.10. The number of aromatic hydroxyl groups is 1. The van der Waals surface area contributed by atoms with E-state index < -0.39 is 12.0 Å². The number of hydrogen-bond acceptors (Lipinski definition) is 7. The molecule has 162 valence electrons. The second-order valence-electron chi connectivity index (χ2n) is 7.45. The van der Waals surface area contributed by atoms with Gasteiger partial charge in [-0.05, 0) is 49.2 Å². The smallest absolute Gasteiger partial charge is 0.320 e. The minimum atomic E-state index is -0.894. The van der Waals surface area contributed by atoms with E-state index in [0.29, 0.717) is 46.5 Å². The number of hydrogen-bond donors (Lipinski definition) is 2. The van der Waals surface area contributed by atoms with Gasteiger partial charge in [0.15, 0.2) is 11.5 Å². The quantitative estimate of drug-likeness (QED) is 0.620. The summed E-state index contributed by atoms with van der Waals surface area (Å²) in [5.41, 5.74) is 1.35. The van der Waals surface area contributed by atoms with Crippen molar-refractivity contribution in [3.05, 3.63) is 52.4 Å². The Bertz CT molecular complexity index is 1200. The molecule has 1 fully saturated rings. The summed E-state index contributed by atoms with van der Waals surface area (Å²) in [7, 11) is 3.05. The SMILES string of the molecule is COc1ccc(-c2coc3c(CN4CCC[C@H]4C(=O)O)c(O)ccc3c2=O)cc1OC. The Kier molecular flexibility index (Phi) is 5.56. The van der Waals surface area contributed by atoms with Crippen molar-refractivity contribution < 1.29 is 28.9 Å². The van der Waals surface area contributed by atoms with Crippen molar-refractivity contribution >= 4 is 16.9 Å². The number of fused-ring (bicyclic) bond motifs is 1. The van der Waals surface area contributed by atoms with Crippen LogP contribution in [0.15, 0.2) is 45.8 Å². The maximum atomic E-state index is 13.2. The molecular weight excluding hydrogens is 402 g/mol. The Labute approximate surface area is 178 Å². The Hall–Kier alpha value is -3.52. The fourth-order valence-corrected chi connectivity index (χ4v) is 4.10. The number of ether oxygens (including phenoxy) is 2. The van der Waals surface area contributed by atoms with Crippen molar-refractivity contribution in [2.45, 2.75) is 25.4 Å². The Morgan fingerprint density at radius 2 is 1.97 bits per heavy atom. The van der Waals surface area contributed by atoms with Crippen LogP contribution in [0.5, 0.6) is 17.2 Å². The average molecular weight is 425 g/mol. The first kappa shape index (κ1) is 20.7. The summed E-state index contributed by atoms with van der Waals surface area (Å²) in [6, 6.07) is 7.48. The largest absolute Gasteiger partial charge is 0.507 e. The molecule has 1 aliphatic heterocycles. The minimum Gasteiger partial charge on any atom is -0.507 e. The van der Waals surface area contributed by atoms with E-state index in [1.807, 2.05) is 0 Å². The molecule has 0 bridgehead atoms. The number of nitrogens with zero attached hydrogens (tertiary/aromatic N) is 1. The van der Waals surface area contributed by atoms with Crippen LogP contribution in [0.2, 0.25) is 0 Å². The summed E-state index contributed by atoms with van der Waals surface area (Å²) >= 11 is 0. The van der Waals surface area contributed by atoms with Crippen molar-refractivity contribution in [3.8, 4) is 28.4 Å². The van der Waals surface area contributed by atoms with E-state index in [-0.39, 0.29) is 23.3 Å². The number of carboxylic acids is 1. The number of carbonyl (C=O) groups is 1.